The van der Waals surface area contributed by atoms with Crippen molar-refractivity contribution in [3.8, 4) is 0 Å². The molecule has 0 aliphatic heterocycles. The summed E-state index contributed by atoms with van der Waals surface area (Å²) in [5.74, 6) is 5.12. The Labute approximate surface area is 141 Å². The van der Waals surface area contributed by atoms with Gasteiger partial charge in [-0.3, -0.25) is 5.84 Å². The Bertz CT molecular complexity index is 530. The molecule has 0 heterocycles. The second-order valence-electron chi connectivity index (χ2n) is 6.16. The first-order chi connectivity index (χ1) is 11.1. The highest BCUT2D eigenvalue weighted by atomic mass is 32.2. The van der Waals surface area contributed by atoms with E-state index in [-0.39, 0.29) is 0 Å². The Morgan fingerprint density at radius 1 is 0.870 bits per heavy atom. The lowest BCUT2D eigenvalue weighted by Gasteiger charge is -2.09. The van der Waals surface area contributed by atoms with Crippen LogP contribution in [0.1, 0.15) is 76.7 Å². The molecule has 1 aromatic carbocycles. The molecule has 0 fully saturated rings. The van der Waals surface area contributed by atoms with E-state index in [4.69, 9.17) is 5.84 Å². The highest BCUT2D eigenvalue weighted by Crippen LogP contribution is 2.18. The summed E-state index contributed by atoms with van der Waals surface area (Å²) in [6, 6.07) is 7.09. The molecular formula is C18H32N2O2S. The van der Waals surface area contributed by atoms with Crippen LogP contribution in [0, 0.1) is 0 Å². The van der Waals surface area contributed by atoms with Crippen LogP contribution in [0.5, 0.6) is 0 Å². The molecule has 0 aliphatic carbocycles. The Kier molecular flexibility index (Phi) is 10.2. The summed E-state index contributed by atoms with van der Waals surface area (Å²) in [4.78, 5) is 2.21. The number of nitrogens with two attached hydrogens (primary N) is 1. The van der Waals surface area contributed by atoms with Gasteiger partial charge in [-0.25, -0.2) is 8.42 Å². The van der Waals surface area contributed by atoms with Gasteiger partial charge in [0.25, 0.3) is 10.0 Å². The minimum atomic E-state index is -3.56. The molecule has 4 nitrogen and oxygen atoms in total. The smallest absolute Gasteiger partial charge is 0.253 e. The van der Waals surface area contributed by atoms with Gasteiger partial charge in [0, 0.05) is 0 Å². The van der Waals surface area contributed by atoms with Gasteiger partial charge in [0.2, 0.25) is 0 Å². The van der Waals surface area contributed by atoms with E-state index < -0.39 is 10.0 Å². The second-order valence-corrected chi connectivity index (χ2v) is 7.84. The summed E-state index contributed by atoms with van der Waals surface area (Å²) in [6.07, 6.45) is 13.6. The van der Waals surface area contributed by atoms with Crippen LogP contribution in [-0.2, 0) is 16.4 Å². The van der Waals surface area contributed by atoms with Crippen LogP contribution in [0.25, 0.3) is 0 Å². The first kappa shape index (κ1) is 20.1. The highest BCUT2D eigenvalue weighted by Gasteiger charge is 2.15. The van der Waals surface area contributed by atoms with Gasteiger partial charge in [-0.15, -0.1) is 0 Å². The van der Waals surface area contributed by atoms with Crippen LogP contribution >= 0.6 is 0 Å². The van der Waals surface area contributed by atoms with E-state index in [1.165, 1.54) is 51.4 Å². The standard InChI is InChI=1S/C18H32N2O2S/c1-2-3-4-5-6-7-8-9-10-11-14-17-15-12-13-16-18(17)23(21,22)20-19/h12-13,15-16,20H,2-11,14,19H2,1H3. The van der Waals surface area contributed by atoms with Crippen molar-refractivity contribution in [2.45, 2.75) is 82.4 Å². The average Bonchev–Trinajstić information content (AvgIpc) is 2.57. The summed E-state index contributed by atoms with van der Waals surface area (Å²) in [6.45, 7) is 2.24. The second kappa shape index (κ2) is 11.6. The first-order valence-corrected chi connectivity index (χ1v) is 10.4. The number of benzene rings is 1. The molecule has 0 atom stereocenters. The number of hydrogen-bond acceptors (Lipinski definition) is 3. The normalized spacial score (nSPS) is 11.7. The molecule has 1 rings (SSSR count). The van der Waals surface area contributed by atoms with E-state index in [2.05, 4.69) is 6.92 Å². The number of hydrazine groups is 1. The summed E-state index contributed by atoms with van der Waals surface area (Å²) in [5, 5.41) is 0. The molecule has 5 heteroatoms. The molecule has 23 heavy (non-hydrogen) atoms. The van der Waals surface area contributed by atoms with E-state index in [9.17, 15) is 8.42 Å². The molecule has 1 aromatic rings. The van der Waals surface area contributed by atoms with Gasteiger partial charge in [0.05, 0.1) is 4.90 Å². The highest BCUT2D eigenvalue weighted by molar-refractivity contribution is 7.89. The molecule has 0 aromatic heterocycles. The lowest BCUT2D eigenvalue weighted by molar-refractivity contribution is 0.555. The summed E-state index contributed by atoms with van der Waals surface area (Å²) in [7, 11) is -3.56. The Balaban J connectivity index is 2.22. The zero-order valence-corrected chi connectivity index (χ0v) is 15.2. The maximum absolute atomic E-state index is 11.9. The molecule has 3 N–H and O–H groups in total. The number of rotatable bonds is 13. The number of unbranched alkanes of at least 4 members (excludes halogenated alkanes) is 9. The predicted molar refractivity (Wildman–Crippen MR) is 96.5 cm³/mol. The van der Waals surface area contributed by atoms with E-state index in [0.29, 0.717) is 4.90 Å². The molecule has 132 valence electrons. The van der Waals surface area contributed by atoms with Crippen molar-refractivity contribution in [1.82, 2.24) is 4.83 Å². The Morgan fingerprint density at radius 3 is 1.96 bits per heavy atom. The van der Waals surface area contributed by atoms with Crippen LogP contribution < -0.4 is 10.7 Å². The number of hydrogen-bond donors (Lipinski definition) is 2. The minimum Gasteiger partial charge on any atom is -0.257 e. The van der Waals surface area contributed by atoms with Gasteiger partial charge in [-0.2, -0.15) is 4.83 Å². The van der Waals surface area contributed by atoms with Gasteiger partial charge < -0.3 is 0 Å². The molecule has 0 aliphatic rings. The number of nitrogens with one attached hydrogen (secondary N) is 1. The average molecular weight is 341 g/mol. The summed E-state index contributed by atoms with van der Waals surface area (Å²) >= 11 is 0. The Hall–Kier alpha value is -0.910. The fourth-order valence-corrected chi connectivity index (χ4v) is 3.74. The molecule has 0 saturated carbocycles. The summed E-state index contributed by atoms with van der Waals surface area (Å²) in [5.41, 5.74) is 0.852. The van der Waals surface area contributed by atoms with Gasteiger partial charge in [0.15, 0.2) is 0 Å². The van der Waals surface area contributed by atoms with Crippen LogP contribution in [0.4, 0.5) is 0 Å². The maximum Gasteiger partial charge on any atom is 0.253 e. The van der Waals surface area contributed by atoms with Gasteiger partial charge >= 0.3 is 0 Å². The van der Waals surface area contributed by atoms with Crippen molar-refractivity contribution in [3.05, 3.63) is 29.8 Å². The number of sulfonamides is 1. The van der Waals surface area contributed by atoms with Crippen molar-refractivity contribution in [1.29, 1.82) is 0 Å². The zero-order chi connectivity index (χ0) is 17.0. The molecule has 0 saturated heterocycles. The first-order valence-electron chi connectivity index (χ1n) is 8.92. The van der Waals surface area contributed by atoms with E-state index in [1.807, 2.05) is 17.0 Å². The third-order valence-corrected chi connectivity index (χ3v) is 5.50. The van der Waals surface area contributed by atoms with Crippen molar-refractivity contribution >= 4 is 10.0 Å². The quantitative estimate of drug-likeness (QED) is 0.319. The number of aryl methyl sites for hydroxylation is 1. The monoisotopic (exact) mass is 340 g/mol. The fraction of sp³-hybridized carbons (Fsp3) is 0.667. The van der Waals surface area contributed by atoms with Crippen LogP contribution in [0.2, 0.25) is 0 Å². The fourth-order valence-electron chi connectivity index (χ4n) is 2.84. The Morgan fingerprint density at radius 2 is 1.39 bits per heavy atom. The maximum atomic E-state index is 11.9. The van der Waals surface area contributed by atoms with Gasteiger partial charge in [-0.05, 0) is 24.5 Å². The molecule has 0 unspecified atom stereocenters. The lowest BCUT2D eigenvalue weighted by atomic mass is 10.0. The van der Waals surface area contributed by atoms with Crippen LogP contribution in [-0.4, -0.2) is 8.42 Å². The van der Waals surface area contributed by atoms with Gasteiger partial charge in [-0.1, -0.05) is 82.9 Å². The van der Waals surface area contributed by atoms with E-state index in [0.717, 1.165) is 24.8 Å². The zero-order valence-electron chi connectivity index (χ0n) is 14.4. The predicted octanol–water partition coefficient (Wildman–Crippen LogP) is 4.30. The SMILES string of the molecule is CCCCCCCCCCCCc1ccccc1S(=O)(=O)NN. The molecule has 0 radical (unpaired) electrons. The van der Waals surface area contributed by atoms with E-state index in [1.54, 1.807) is 12.1 Å². The van der Waals surface area contributed by atoms with Crippen LogP contribution in [0.15, 0.2) is 29.2 Å². The van der Waals surface area contributed by atoms with Crippen molar-refractivity contribution in [3.63, 3.8) is 0 Å². The van der Waals surface area contributed by atoms with Crippen molar-refractivity contribution < 1.29 is 8.42 Å². The van der Waals surface area contributed by atoms with E-state index >= 15 is 0 Å². The summed E-state index contributed by atoms with van der Waals surface area (Å²) < 4.78 is 23.7. The molecule has 0 amide bonds. The van der Waals surface area contributed by atoms with Gasteiger partial charge in [0.1, 0.15) is 0 Å². The topological polar surface area (TPSA) is 72.2 Å². The lowest BCUT2D eigenvalue weighted by Crippen LogP contribution is -2.30. The molecule has 0 bridgehead atoms. The third kappa shape index (κ3) is 7.95. The molecule has 0 spiro atoms. The van der Waals surface area contributed by atoms with Crippen molar-refractivity contribution in [2.24, 2.45) is 5.84 Å². The largest absolute Gasteiger partial charge is 0.257 e. The third-order valence-electron chi connectivity index (χ3n) is 4.22. The van der Waals surface area contributed by atoms with Crippen molar-refractivity contribution in [2.75, 3.05) is 0 Å². The van der Waals surface area contributed by atoms with Crippen LogP contribution in [0.3, 0.4) is 0 Å². The molecular weight excluding hydrogens is 308 g/mol. The minimum absolute atomic E-state index is 0.304.